The standard InChI is InChI=1S/C14H12ClN3O3/c15-10-4-2-1-3-9(10)14-17-16-11(21-14)7-8-18-12(19)5-6-13(18)20/h1-4H,5-8H2. The molecule has 0 N–H and O–H groups in total. The van der Waals surface area contributed by atoms with Gasteiger partial charge in [-0.25, -0.2) is 0 Å². The summed E-state index contributed by atoms with van der Waals surface area (Å²) in [7, 11) is 0. The maximum absolute atomic E-state index is 11.5. The predicted octanol–water partition coefficient (Wildman–Crippen LogP) is 2.08. The number of amides is 2. The lowest BCUT2D eigenvalue weighted by Crippen LogP contribution is -2.31. The van der Waals surface area contributed by atoms with Crippen molar-refractivity contribution in [1.29, 1.82) is 0 Å². The van der Waals surface area contributed by atoms with Gasteiger partial charge in [-0.1, -0.05) is 23.7 Å². The smallest absolute Gasteiger partial charge is 0.249 e. The number of carbonyl (C=O) groups excluding carboxylic acids is 2. The van der Waals surface area contributed by atoms with E-state index in [0.717, 1.165) is 0 Å². The van der Waals surface area contributed by atoms with E-state index in [1.165, 1.54) is 4.90 Å². The third kappa shape index (κ3) is 2.80. The molecule has 2 heterocycles. The number of rotatable bonds is 4. The Morgan fingerprint density at radius 2 is 1.86 bits per heavy atom. The lowest BCUT2D eigenvalue weighted by molar-refractivity contribution is -0.138. The summed E-state index contributed by atoms with van der Waals surface area (Å²) in [5.74, 6) is 0.406. The predicted molar refractivity (Wildman–Crippen MR) is 74.4 cm³/mol. The molecule has 7 heteroatoms. The molecule has 0 saturated carbocycles. The zero-order chi connectivity index (χ0) is 14.8. The average molecular weight is 306 g/mol. The maximum Gasteiger partial charge on any atom is 0.249 e. The first-order valence-corrected chi connectivity index (χ1v) is 6.93. The van der Waals surface area contributed by atoms with E-state index in [-0.39, 0.29) is 31.2 Å². The van der Waals surface area contributed by atoms with Gasteiger partial charge in [-0.2, -0.15) is 0 Å². The van der Waals surface area contributed by atoms with Gasteiger partial charge in [0.25, 0.3) is 0 Å². The van der Waals surface area contributed by atoms with Crippen molar-refractivity contribution >= 4 is 23.4 Å². The number of likely N-dealkylation sites (tertiary alicyclic amines) is 1. The SMILES string of the molecule is O=C1CCC(=O)N1CCc1nnc(-c2ccccc2Cl)o1. The molecule has 0 atom stereocenters. The Balaban J connectivity index is 1.70. The summed E-state index contributed by atoms with van der Waals surface area (Å²) in [6, 6.07) is 7.16. The number of nitrogens with zero attached hydrogens (tertiary/aromatic N) is 3. The normalized spacial score (nSPS) is 15.0. The van der Waals surface area contributed by atoms with Gasteiger partial charge >= 0.3 is 0 Å². The van der Waals surface area contributed by atoms with Crippen molar-refractivity contribution in [2.75, 3.05) is 6.54 Å². The van der Waals surface area contributed by atoms with Gasteiger partial charge in [0, 0.05) is 25.8 Å². The molecule has 1 aliphatic heterocycles. The van der Waals surface area contributed by atoms with Gasteiger partial charge in [0.2, 0.25) is 23.6 Å². The number of carbonyl (C=O) groups is 2. The molecule has 0 unspecified atom stereocenters. The van der Waals surface area contributed by atoms with E-state index in [1.807, 2.05) is 12.1 Å². The Morgan fingerprint density at radius 1 is 1.14 bits per heavy atom. The number of aromatic nitrogens is 2. The van der Waals surface area contributed by atoms with Gasteiger partial charge in [-0.3, -0.25) is 14.5 Å². The Kier molecular flexibility index (Phi) is 3.70. The van der Waals surface area contributed by atoms with Crippen LogP contribution in [-0.2, 0) is 16.0 Å². The van der Waals surface area contributed by atoms with Crippen molar-refractivity contribution in [3.05, 3.63) is 35.2 Å². The molecular formula is C14H12ClN3O3. The van der Waals surface area contributed by atoms with E-state index in [4.69, 9.17) is 16.0 Å². The highest BCUT2D eigenvalue weighted by molar-refractivity contribution is 6.33. The first kappa shape index (κ1) is 13.8. The Morgan fingerprint density at radius 3 is 2.57 bits per heavy atom. The molecule has 6 nitrogen and oxygen atoms in total. The molecule has 108 valence electrons. The van der Waals surface area contributed by atoms with Gasteiger partial charge in [0.1, 0.15) is 0 Å². The summed E-state index contributed by atoms with van der Waals surface area (Å²) < 4.78 is 5.52. The second-order valence-electron chi connectivity index (χ2n) is 4.67. The molecule has 0 bridgehead atoms. The van der Waals surface area contributed by atoms with Crippen LogP contribution < -0.4 is 0 Å². The molecule has 3 rings (SSSR count). The Bertz CT molecular complexity index is 682. The van der Waals surface area contributed by atoms with Crippen LogP contribution in [0.1, 0.15) is 18.7 Å². The zero-order valence-corrected chi connectivity index (χ0v) is 11.8. The van der Waals surface area contributed by atoms with Gasteiger partial charge in [0.15, 0.2) is 0 Å². The van der Waals surface area contributed by atoms with Crippen LogP contribution in [0.3, 0.4) is 0 Å². The summed E-state index contributed by atoms with van der Waals surface area (Å²) in [5, 5.41) is 8.39. The minimum absolute atomic E-state index is 0.147. The molecule has 2 aromatic rings. The highest BCUT2D eigenvalue weighted by Crippen LogP contribution is 2.26. The number of hydrogen-bond donors (Lipinski definition) is 0. The molecule has 1 aromatic heterocycles. The maximum atomic E-state index is 11.5. The number of benzene rings is 1. The molecule has 0 radical (unpaired) electrons. The van der Waals surface area contributed by atoms with Crippen LogP contribution in [0.2, 0.25) is 5.02 Å². The quantitative estimate of drug-likeness (QED) is 0.808. The second-order valence-corrected chi connectivity index (χ2v) is 5.08. The van der Waals surface area contributed by atoms with E-state index < -0.39 is 0 Å². The van der Waals surface area contributed by atoms with E-state index in [1.54, 1.807) is 12.1 Å². The van der Waals surface area contributed by atoms with Crippen LogP contribution in [0, 0.1) is 0 Å². The molecule has 1 saturated heterocycles. The molecule has 1 aliphatic rings. The van der Waals surface area contributed by atoms with E-state index in [2.05, 4.69) is 10.2 Å². The van der Waals surface area contributed by atoms with Crippen molar-refractivity contribution in [2.24, 2.45) is 0 Å². The molecule has 0 aliphatic carbocycles. The fourth-order valence-electron chi connectivity index (χ4n) is 2.18. The van der Waals surface area contributed by atoms with Gasteiger partial charge in [-0.15, -0.1) is 10.2 Å². The molecule has 1 aromatic carbocycles. The third-order valence-corrected chi connectivity index (χ3v) is 3.60. The Hall–Kier alpha value is -2.21. The highest BCUT2D eigenvalue weighted by Gasteiger charge is 2.28. The average Bonchev–Trinajstić information content (AvgIpc) is 3.05. The molecule has 2 amide bonds. The van der Waals surface area contributed by atoms with E-state index in [0.29, 0.717) is 28.8 Å². The lowest BCUT2D eigenvalue weighted by Gasteiger charge is -2.11. The van der Waals surface area contributed by atoms with Crippen molar-refractivity contribution in [1.82, 2.24) is 15.1 Å². The van der Waals surface area contributed by atoms with Crippen LogP contribution in [0.15, 0.2) is 28.7 Å². The summed E-state index contributed by atoms with van der Waals surface area (Å²) in [6.07, 6.45) is 0.913. The number of halogens is 1. The topological polar surface area (TPSA) is 76.3 Å². The van der Waals surface area contributed by atoms with Crippen molar-refractivity contribution in [2.45, 2.75) is 19.3 Å². The third-order valence-electron chi connectivity index (χ3n) is 3.28. The summed E-state index contributed by atoms with van der Waals surface area (Å²) in [5.41, 5.74) is 0.659. The van der Waals surface area contributed by atoms with Crippen molar-refractivity contribution in [3.8, 4) is 11.5 Å². The zero-order valence-electron chi connectivity index (χ0n) is 11.1. The molecular weight excluding hydrogens is 294 g/mol. The largest absolute Gasteiger partial charge is 0.421 e. The lowest BCUT2D eigenvalue weighted by atomic mass is 10.2. The monoisotopic (exact) mass is 305 g/mol. The minimum Gasteiger partial charge on any atom is -0.421 e. The Labute approximate surface area is 125 Å². The second kappa shape index (κ2) is 5.65. The van der Waals surface area contributed by atoms with Crippen LogP contribution in [0.4, 0.5) is 0 Å². The summed E-state index contributed by atoms with van der Waals surface area (Å²) >= 11 is 6.06. The van der Waals surface area contributed by atoms with Crippen LogP contribution in [0.5, 0.6) is 0 Å². The summed E-state index contributed by atoms with van der Waals surface area (Å²) in [6.45, 7) is 0.266. The van der Waals surface area contributed by atoms with Crippen LogP contribution >= 0.6 is 11.6 Å². The van der Waals surface area contributed by atoms with E-state index in [9.17, 15) is 9.59 Å². The van der Waals surface area contributed by atoms with Gasteiger partial charge in [-0.05, 0) is 12.1 Å². The van der Waals surface area contributed by atoms with Crippen LogP contribution in [-0.4, -0.2) is 33.5 Å². The molecule has 0 spiro atoms. The molecule has 21 heavy (non-hydrogen) atoms. The first-order valence-electron chi connectivity index (χ1n) is 6.55. The first-order chi connectivity index (χ1) is 10.1. The van der Waals surface area contributed by atoms with Crippen molar-refractivity contribution in [3.63, 3.8) is 0 Å². The van der Waals surface area contributed by atoms with E-state index >= 15 is 0 Å². The number of hydrogen-bond acceptors (Lipinski definition) is 5. The summed E-state index contributed by atoms with van der Waals surface area (Å²) in [4.78, 5) is 24.2. The van der Waals surface area contributed by atoms with Crippen LogP contribution in [0.25, 0.3) is 11.5 Å². The molecule has 1 fully saturated rings. The fraction of sp³-hybridized carbons (Fsp3) is 0.286. The minimum atomic E-state index is -0.147. The fourth-order valence-corrected chi connectivity index (χ4v) is 2.39. The number of imide groups is 1. The highest BCUT2D eigenvalue weighted by atomic mass is 35.5. The van der Waals surface area contributed by atoms with Gasteiger partial charge < -0.3 is 4.42 Å². The van der Waals surface area contributed by atoms with Crippen molar-refractivity contribution < 1.29 is 14.0 Å². The van der Waals surface area contributed by atoms with Gasteiger partial charge in [0.05, 0.1) is 10.6 Å².